The van der Waals surface area contributed by atoms with Crippen LogP contribution in [0.1, 0.15) is 51.5 Å². The van der Waals surface area contributed by atoms with E-state index in [9.17, 15) is 19.5 Å². The molecule has 2 aromatic rings. The molecule has 1 aliphatic heterocycles. The van der Waals surface area contributed by atoms with Gasteiger partial charge < -0.3 is 30.3 Å². The fourth-order valence-corrected chi connectivity index (χ4v) is 5.43. The number of carbonyl (C=O) groups is 3. The van der Waals surface area contributed by atoms with Crippen molar-refractivity contribution in [1.29, 1.82) is 0 Å². The normalized spacial score (nSPS) is 20.7. The molecule has 2 aromatic carbocycles. The summed E-state index contributed by atoms with van der Waals surface area (Å²) >= 11 is 0. The van der Waals surface area contributed by atoms with E-state index < -0.39 is 6.10 Å². The topological polar surface area (TPSA) is 111 Å². The predicted molar refractivity (Wildman–Crippen MR) is 155 cm³/mol. The molecule has 0 aromatic heterocycles. The van der Waals surface area contributed by atoms with Gasteiger partial charge in [-0.05, 0) is 50.1 Å². The number of amides is 4. The van der Waals surface area contributed by atoms with E-state index in [1.807, 2.05) is 56.3 Å². The van der Waals surface area contributed by atoms with Crippen molar-refractivity contribution in [2.45, 2.75) is 64.5 Å². The Hall–Kier alpha value is -3.59. The van der Waals surface area contributed by atoms with Crippen LogP contribution < -0.4 is 15.4 Å². The van der Waals surface area contributed by atoms with E-state index in [0.717, 1.165) is 25.7 Å². The smallest absolute Gasteiger partial charge is 0.321 e. The predicted octanol–water partition coefficient (Wildman–Crippen LogP) is 4.52. The number of ether oxygens (including phenoxy) is 1. The Labute approximate surface area is 236 Å². The van der Waals surface area contributed by atoms with Crippen LogP contribution in [0.15, 0.2) is 48.5 Å². The average Bonchev–Trinajstić information content (AvgIpc) is 3.01. The lowest BCUT2D eigenvalue weighted by molar-refractivity contribution is -0.134. The number of aliphatic hydroxyl groups is 1. The maximum Gasteiger partial charge on any atom is 0.321 e. The van der Waals surface area contributed by atoms with Gasteiger partial charge in [-0.15, -0.1) is 0 Å². The largest absolute Gasteiger partial charge is 0.488 e. The highest BCUT2D eigenvalue weighted by atomic mass is 16.5. The van der Waals surface area contributed by atoms with Gasteiger partial charge in [0.25, 0.3) is 0 Å². The van der Waals surface area contributed by atoms with Crippen molar-refractivity contribution in [1.82, 2.24) is 9.80 Å². The Morgan fingerprint density at radius 2 is 1.80 bits per heavy atom. The molecule has 4 rings (SSSR count). The molecular weight excluding hydrogens is 508 g/mol. The Morgan fingerprint density at radius 3 is 2.50 bits per heavy atom. The van der Waals surface area contributed by atoms with Gasteiger partial charge in [-0.25, -0.2) is 4.79 Å². The number of carbonyl (C=O) groups excluding carboxylic acids is 3. The van der Waals surface area contributed by atoms with E-state index in [1.54, 1.807) is 22.9 Å². The molecule has 0 radical (unpaired) electrons. The summed E-state index contributed by atoms with van der Waals surface area (Å²) in [6.07, 6.45) is 4.77. The molecule has 0 unspecified atom stereocenters. The maximum atomic E-state index is 13.4. The molecule has 9 nitrogen and oxygen atoms in total. The molecule has 0 bridgehead atoms. The van der Waals surface area contributed by atoms with E-state index in [-0.39, 0.29) is 55.3 Å². The van der Waals surface area contributed by atoms with Gasteiger partial charge >= 0.3 is 6.03 Å². The lowest BCUT2D eigenvalue weighted by atomic mass is 9.88. The van der Waals surface area contributed by atoms with Crippen LogP contribution in [0.25, 0.3) is 0 Å². The van der Waals surface area contributed by atoms with Gasteiger partial charge in [-0.2, -0.15) is 0 Å². The number of fused-ring (bicyclic) bond motifs is 1. The van der Waals surface area contributed by atoms with Crippen LogP contribution in [0.4, 0.5) is 16.2 Å². The van der Waals surface area contributed by atoms with Crippen molar-refractivity contribution in [3.05, 3.63) is 54.1 Å². The second kappa shape index (κ2) is 13.7. The molecule has 3 atom stereocenters. The molecule has 0 saturated heterocycles. The van der Waals surface area contributed by atoms with Crippen molar-refractivity contribution in [3.63, 3.8) is 0 Å². The zero-order valence-corrected chi connectivity index (χ0v) is 23.8. The highest BCUT2D eigenvalue weighted by molar-refractivity contribution is 5.93. The molecule has 9 heteroatoms. The number of likely N-dealkylation sites (N-methyl/N-ethyl adjacent to an activating group) is 1. The van der Waals surface area contributed by atoms with Crippen molar-refractivity contribution < 1.29 is 24.2 Å². The standard InChI is InChI=1S/C31H42N4O5/c1-21-18-35(22(2)20-36)29(37)17-24-16-26(32-30(38)23-10-6-4-7-11-23)14-15-27(24)40-28(21)19-34(3)31(39)33-25-12-8-5-9-13-25/h5,8-9,12-16,21-23,28,36H,4,6-7,10-11,17-20H2,1-3H3,(H,32,38)(H,33,39)/t21-,22-,28+/m1/s1. The second-order valence-electron chi connectivity index (χ2n) is 11.2. The van der Waals surface area contributed by atoms with Crippen LogP contribution in [0, 0.1) is 11.8 Å². The van der Waals surface area contributed by atoms with Crippen molar-refractivity contribution in [3.8, 4) is 5.75 Å². The Morgan fingerprint density at radius 1 is 1.07 bits per heavy atom. The van der Waals surface area contributed by atoms with Crippen LogP contribution in [-0.2, 0) is 16.0 Å². The number of aliphatic hydroxyl groups excluding tert-OH is 1. The average molecular weight is 551 g/mol. The zero-order valence-electron chi connectivity index (χ0n) is 23.8. The third-order valence-corrected chi connectivity index (χ3v) is 7.99. The number of anilines is 2. The molecule has 2 aliphatic rings. The quantitative estimate of drug-likeness (QED) is 0.470. The third kappa shape index (κ3) is 7.53. The molecule has 1 aliphatic carbocycles. The highest BCUT2D eigenvalue weighted by Crippen LogP contribution is 2.30. The van der Waals surface area contributed by atoms with E-state index in [0.29, 0.717) is 29.2 Å². The van der Waals surface area contributed by atoms with Gasteiger partial charge in [0.05, 0.1) is 25.6 Å². The van der Waals surface area contributed by atoms with E-state index in [4.69, 9.17) is 4.74 Å². The number of nitrogens with one attached hydrogen (secondary N) is 2. The number of nitrogens with zero attached hydrogens (tertiary/aromatic N) is 2. The molecule has 0 spiro atoms. The van der Waals surface area contributed by atoms with Gasteiger partial charge in [0, 0.05) is 42.4 Å². The molecular formula is C31H42N4O5. The van der Waals surface area contributed by atoms with Crippen LogP contribution in [0.2, 0.25) is 0 Å². The maximum absolute atomic E-state index is 13.4. The van der Waals surface area contributed by atoms with Gasteiger partial charge in [0.15, 0.2) is 0 Å². The summed E-state index contributed by atoms with van der Waals surface area (Å²) in [5.74, 6) is 0.325. The van der Waals surface area contributed by atoms with Gasteiger partial charge in [-0.3, -0.25) is 9.59 Å². The summed E-state index contributed by atoms with van der Waals surface area (Å²) in [5, 5.41) is 15.8. The van der Waals surface area contributed by atoms with E-state index in [1.165, 1.54) is 6.42 Å². The fourth-order valence-electron chi connectivity index (χ4n) is 5.43. The minimum Gasteiger partial charge on any atom is -0.488 e. The number of rotatable bonds is 7. The van der Waals surface area contributed by atoms with Crippen molar-refractivity contribution in [2.75, 3.05) is 37.4 Å². The SMILES string of the molecule is C[C@@H]1CN([C@H](C)CO)C(=O)Cc2cc(NC(=O)C3CCCCC3)ccc2O[C@H]1CN(C)C(=O)Nc1ccccc1. The lowest BCUT2D eigenvalue weighted by Gasteiger charge is -2.34. The number of para-hydroxylation sites is 1. The van der Waals surface area contributed by atoms with Crippen LogP contribution in [-0.4, -0.2) is 71.6 Å². The second-order valence-corrected chi connectivity index (χ2v) is 11.2. The first-order chi connectivity index (χ1) is 19.2. The lowest BCUT2D eigenvalue weighted by Crippen LogP contribution is -2.48. The Bertz CT molecular complexity index is 1170. The molecule has 40 heavy (non-hydrogen) atoms. The van der Waals surface area contributed by atoms with Gasteiger partial charge in [0.1, 0.15) is 11.9 Å². The van der Waals surface area contributed by atoms with Crippen LogP contribution in [0.3, 0.4) is 0 Å². The molecule has 3 N–H and O–H groups in total. The molecule has 216 valence electrons. The highest BCUT2D eigenvalue weighted by Gasteiger charge is 2.32. The summed E-state index contributed by atoms with van der Waals surface area (Å²) in [6, 6.07) is 14.0. The van der Waals surface area contributed by atoms with Crippen molar-refractivity contribution >= 4 is 29.2 Å². The number of hydrogen-bond acceptors (Lipinski definition) is 5. The summed E-state index contributed by atoms with van der Waals surface area (Å²) in [4.78, 5) is 42.5. The van der Waals surface area contributed by atoms with Gasteiger partial charge in [0.2, 0.25) is 11.8 Å². The van der Waals surface area contributed by atoms with Crippen molar-refractivity contribution in [2.24, 2.45) is 11.8 Å². The van der Waals surface area contributed by atoms with Gasteiger partial charge in [-0.1, -0.05) is 44.4 Å². The number of benzene rings is 2. The summed E-state index contributed by atoms with van der Waals surface area (Å²) < 4.78 is 6.51. The number of urea groups is 1. The molecule has 1 fully saturated rings. The molecule has 1 heterocycles. The van der Waals surface area contributed by atoms with E-state index >= 15 is 0 Å². The Balaban J connectivity index is 1.56. The summed E-state index contributed by atoms with van der Waals surface area (Å²) in [7, 11) is 1.71. The van der Waals surface area contributed by atoms with Crippen LogP contribution >= 0.6 is 0 Å². The molecule has 1 saturated carbocycles. The van der Waals surface area contributed by atoms with E-state index in [2.05, 4.69) is 10.6 Å². The monoisotopic (exact) mass is 550 g/mol. The third-order valence-electron chi connectivity index (χ3n) is 7.99. The minimum atomic E-state index is -0.424. The summed E-state index contributed by atoms with van der Waals surface area (Å²) in [6.45, 7) is 4.31. The first kappa shape index (κ1) is 29.4. The van der Waals surface area contributed by atoms with Crippen LogP contribution in [0.5, 0.6) is 5.75 Å². The summed E-state index contributed by atoms with van der Waals surface area (Å²) in [5.41, 5.74) is 2.00. The first-order valence-corrected chi connectivity index (χ1v) is 14.3. The Kier molecular flexibility index (Phi) is 10.0. The number of hydrogen-bond donors (Lipinski definition) is 3. The minimum absolute atomic E-state index is 0.0144. The molecule has 4 amide bonds. The fraction of sp³-hybridized carbons (Fsp3) is 0.516. The zero-order chi connectivity index (χ0) is 28.6. The first-order valence-electron chi connectivity index (χ1n) is 14.3.